The molecule has 0 aliphatic heterocycles. The van der Waals surface area contributed by atoms with E-state index < -0.39 is 0 Å². The summed E-state index contributed by atoms with van der Waals surface area (Å²) in [5.74, 6) is -0.142. The summed E-state index contributed by atoms with van der Waals surface area (Å²) >= 11 is 0. The van der Waals surface area contributed by atoms with Gasteiger partial charge in [-0.05, 0) is 30.9 Å². The Morgan fingerprint density at radius 2 is 2.12 bits per heavy atom. The van der Waals surface area contributed by atoms with Crippen LogP contribution in [0.25, 0.3) is 0 Å². The molecule has 3 heteroatoms. The zero-order valence-electron chi connectivity index (χ0n) is 10.3. The summed E-state index contributed by atoms with van der Waals surface area (Å²) in [5.41, 5.74) is 1.58. The number of carbonyl (C=O) groups is 1. The van der Waals surface area contributed by atoms with Crippen LogP contribution in [-0.2, 0) is 9.53 Å². The van der Waals surface area contributed by atoms with Crippen LogP contribution in [0.2, 0.25) is 0 Å². The maximum atomic E-state index is 11.5. The minimum absolute atomic E-state index is 0.0601. The van der Waals surface area contributed by atoms with E-state index in [1.165, 1.54) is 0 Å². The molecule has 0 radical (unpaired) electrons. The van der Waals surface area contributed by atoms with Crippen LogP contribution in [0.3, 0.4) is 0 Å². The van der Waals surface area contributed by atoms with Gasteiger partial charge in [0, 0.05) is 0 Å². The number of ether oxygens (including phenoxy) is 1. The largest absolute Gasteiger partial charge is 0.466 e. The number of hydrogen-bond acceptors (Lipinski definition) is 3. The van der Waals surface area contributed by atoms with Gasteiger partial charge in [0.15, 0.2) is 0 Å². The topological polar surface area (TPSA) is 50.1 Å². The Hall–Kier alpha value is -1.82. The molecule has 1 aromatic rings. The number of rotatable bonds is 5. The first kappa shape index (κ1) is 13.2. The van der Waals surface area contributed by atoms with Gasteiger partial charge in [-0.15, -0.1) is 0 Å². The summed E-state index contributed by atoms with van der Waals surface area (Å²) in [6.07, 6.45) is 1.15. The van der Waals surface area contributed by atoms with E-state index in [2.05, 4.69) is 6.07 Å². The molecule has 0 fully saturated rings. The smallest absolute Gasteiger partial charge is 0.306 e. The number of nitrogens with zero attached hydrogens (tertiary/aromatic N) is 1. The van der Waals surface area contributed by atoms with Gasteiger partial charge in [-0.1, -0.05) is 25.1 Å². The first-order valence-corrected chi connectivity index (χ1v) is 5.87. The SMILES string of the molecule is CCOC(=O)CC(CC)c1ccccc1C#N. The molecule has 0 amide bonds. The standard InChI is InChI=1S/C14H17NO2/c1-3-11(9-14(16)17-4-2)13-8-6-5-7-12(13)10-15/h5-8,11H,3-4,9H2,1-2H3. The van der Waals surface area contributed by atoms with Gasteiger partial charge < -0.3 is 4.74 Å². The predicted octanol–water partition coefficient (Wildman–Crippen LogP) is 3.01. The molecule has 17 heavy (non-hydrogen) atoms. The van der Waals surface area contributed by atoms with Gasteiger partial charge in [-0.2, -0.15) is 5.26 Å². The van der Waals surface area contributed by atoms with Gasteiger partial charge in [0.1, 0.15) is 0 Å². The predicted molar refractivity (Wildman–Crippen MR) is 65.4 cm³/mol. The molecule has 0 bridgehead atoms. The number of esters is 1. The summed E-state index contributed by atoms with van der Waals surface area (Å²) in [6, 6.07) is 9.58. The number of carbonyl (C=O) groups excluding carboxylic acids is 1. The van der Waals surface area contributed by atoms with Crippen molar-refractivity contribution in [3.63, 3.8) is 0 Å². The first-order valence-electron chi connectivity index (χ1n) is 5.87. The van der Waals surface area contributed by atoms with Crippen LogP contribution in [0.1, 0.15) is 43.7 Å². The fraction of sp³-hybridized carbons (Fsp3) is 0.429. The number of nitriles is 1. The van der Waals surface area contributed by atoms with Gasteiger partial charge >= 0.3 is 5.97 Å². The van der Waals surface area contributed by atoms with E-state index in [1.54, 1.807) is 13.0 Å². The molecule has 0 aliphatic rings. The molecule has 0 aliphatic carbocycles. The van der Waals surface area contributed by atoms with E-state index in [9.17, 15) is 4.79 Å². The van der Waals surface area contributed by atoms with Crippen LogP contribution in [0.15, 0.2) is 24.3 Å². The second-order valence-corrected chi connectivity index (χ2v) is 3.81. The van der Waals surface area contributed by atoms with E-state index in [0.29, 0.717) is 18.6 Å². The second-order valence-electron chi connectivity index (χ2n) is 3.81. The minimum Gasteiger partial charge on any atom is -0.466 e. The molecule has 0 saturated heterocycles. The van der Waals surface area contributed by atoms with E-state index in [-0.39, 0.29) is 11.9 Å². The molecular weight excluding hydrogens is 214 g/mol. The van der Waals surface area contributed by atoms with E-state index in [4.69, 9.17) is 10.00 Å². The third-order valence-corrected chi connectivity index (χ3v) is 2.73. The van der Waals surface area contributed by atoms with Crippen molar-refractivity contribution < 1.29 is 9.53 Å². The molecule has 0 aromatic heterocycles. The van der Waals surface area contributed by atoms with Gasteiger partial charge in [0.2, 0.25) is 0 Å². The Kier molecular flexibility index (Phi) is 5.22. The third kappa shape index (κ3) is 3.60. The highest BCUT2D eigenvalue weighted by molar-refractivity contribution is 5.70. The third-order valence-electron chi connectivity index (χ3n) is 2.73. The Labute approximate surface area is 102 Å². The molecule has 3 nitrogen and oxygen atoms in total. The van der Waals surface area contributed by atoms with Crippen molar-refractivity contribution in [3.8, 4) is 6.07 Å². The van der Waals surface area contributed by atoms with Crippen molar-refractivity contribution in [1.82, 2.24) is 0 Å². The quantitative estimate of drug-likeness (QED) is 0.732. The molecule has 1 unspecified atom stereocenters. The molecule has 1 aromatic carbocycles. The Balaban J connectivity index is 2.87. The highest BCUT2D eigenvalue weighted by Gasteiger charge is 2.17. The maximum Gasteiger partial charge on any atom is 0.306 e. The molecule has 0 N–H and O–H groups in total. The fourth-order valence-electron chi connectivity index (χ4n) is 1.85. The van der Waals surface area contributed by atoms with E-state index in [1.807, 2.05) is 25.1 Å². The summed E-state index contributed by atoms with van der Waals surface area (Å²) in [7, 11) is 0. The van der Waals surface area contributed by atoms with Crippen molar-refractivity contribution in [1.29, 1.82) is 5.26 Å². The van der Waals surface area contributed by atoms with Crippen LogP contribution in [0.4, 0.5) is 0 Å². The van der Waals surface area contributed by atoms with Crippen LogP contribution in [-0.4, -0.2) is 12.6 Å². The molecule has 0 spiro atoms. The van der Waals surface area contributed by atoms with Crippen LogP contribution in [0, 0.1) is 11.3 Å². The summed E-state index contributed by atoms with van der Waals surface area (Å²) in [5, 5.41) is 9.03. The van der Waals surface area contributed by atoms with E-state index >= 15 is 0 Å². The molecular formula is C14H17NO2. The van der Waals surface area contributed by atoms with Gasteiger partial charge in [0.25, 0.3) is 0 Å². The van der Waals surface area contributed by atoms with E-state index in [0.717, 1.165) is 12.0 Å². The lowest BCUT2D eigenvalue weighted by molar-refractivity contribution is -0.143. The first-order chi connectivity index (χ1) is 8.22. The second kappa shape index (κ2) is 6.70. The van der Waals surface area contributed by atoms with Gasteiger partial charge in [0.05, 0.1) is 24.7 Å². The van der Waals surface area contributed by atoms with Crippen molar-refractivity contribution in [2.24, 2.45) is 0 Å². The summed E-state index contributed by atoms with van der Waals surface area (Å²) < 4.78 is 4.95. The van der Waals surface area contributed by atoms with Crippen molar-refractivity contribution in [2.45, 2.75) is 32.6 Å². The zero-order chi connectivity index (χ0) is 12.7. The molecule has 1 atom stereocenters. The highest BCUT2D eigenvalue weighted by atomic mass is 16.5. The Morgan fingerprint density at radius 3 is 2.71 bits per heavy atom. The monoisotopic (exact) mass is 231 g/mol. The highest BCUT2D eigenvalue weighted by Crippen LogP contribution is 2.26. The van der Waals surface area contributed by atoms with Crippen molar-refractivity contribution >= 4 is 5.97 Å². The molecule has 1 rings (SSSR count). The van der Waals surface area contributed by atoms with Gasteiger partial charge in [-0.25, -0.2) is 0 Å². The van der Waals surface area contributed by atoms with Crippen LogP contribution >= 0.6 is 0 Å². The lowest BCUT2D eigenvalue weighted by Gasteiger charge is -2.15. The fourth-order valence-corrected chi connectivity index (χ4v) is 1.85. The van der Waals surface area contributed by atoms with Gasteiger partial charge in [-0.3, -0.25) is 4.79 Å². The average Bonchev–Trinajstić information content (AvgIpc) is 2.36. The normalized spacial score (nSPS) is 11.6. The Bertz CT molecular complexity index is 420. The number of hydrogen-bond donors (Lipinski definition) is 0. The van der Waals surface area contributed by atoms with Crippen molar-refractivity contribution in [2.75, 3.05) is 6.61 Å². The van der Waals surface area contributed by atoms with Crippen LogP contribution < -0.4 is 0 Å². The average molecular weight is 231 g/mol. The van der Waals surface area contributed by atoms with Crippen LogP contribution in [0.5, 0.6) is 0 Å². The van der Waals surface area contributed by atoms with Crippen molar-refractivity contribution in [3.05, 3.63) is 35.4 Å². The molecule has 90 valence electrons. The summed E-state index contributed by atoms with van der Waals surface area (Å²) in [6.45, 7) is 4.20. The maximum absolute atomic E-state index is 11.5. The number of benzene rings is 1. The Morgan fingerprint density at radius 1 is 1.41 bits per heavy atom. The lowest BCUT2D eigenvalue weighted by atomic mass is 9.90. The summed E-state index contributed by atoms with van der Waals surface area (Å²) in [4.78, 5) is 11.5. The molecule has 0 heterocycles. The lowest BCUT2D eigenvalue weighted by Crippen LogP contribution is -2.11. The molecule has 0 saturated carbocycles. The minimum atomic E-state index is -0.202. The zero-order valence-corrected chi connectivity index (χ0v) is 10.3.